The minimum atomic E-state index is 0.908. The smallest absolute Gasteiger partial charge is 0.0939 e. The maximum absolute atomic E-state index is 3.82. The average Bonchev–Trinajstić information content (AvgIpc) is 2.65. The predicted molar refractivity (Wildman–Crippen MR) is 60.8 cm³/mol. The summed E-state index contributed by atoms with van der Waals surface area (Å²) in [5.41, 5.74) is 2.38. The van der Waals surface area contributed by atoms with Crippen LogP contribution in [0.1, 0.15) is 5.56 Å². The number of benzene rings is 1. The zero-order valence-electron chi connectivity index (χ0n) is 8.35. The highest BCUT2D eigenvalue weighted by molar-refractivity contribution is 5.68. The van der Waals surface area contributed by atoms with Gasteiger partial charge in [-0.2, -0.15) is 0 Å². The van der Waals surface area contributed by atoms with Gasteiger partial charge in [-0.3, -0.25) is 0 Å². The Labute approximate surface area is 84.8 Å². The molecule has 1 heterocycles. The van der Waals surface area contributed by atoms with Crippen LogP contribution in [0.5, 0.6) is 0 Å². The van der Waals surface area contributed by atoms with Crippen molar-refractivity contribution in [1.29, 1.82) is 0 Å². The summed E-state index contributed by atoms with van der Waals surface area (Å²) in [6.45, 7) is 4.73. The molecule has 1 aromatic rings. The molecule has 0 unspecified atom stereocenters. The predicted octanol–water partition coefficient (Wildman–Crippen LogP) is 2.51. The van der Waals surface area contributed by atoms with Crippen LogP contribution in [0.3, 0.4) is 0 Å². The van der Waals surface area contributed by atoms with E-state index in [-0.39, 0.29) is 0 Å². The molecule has 0 N–H and O–H groups in total. The van der Waals surface area contributed by atoms with Crippen LogP contribution in [0.25, 0.3) is 6.08 Å². The van der Waals surface area contributed by atoms with Crippen molar-refractivity contribution in [3.8, 4) is 0 Å². The fourth-order valence-corrected chi connectivity index (χ4v) is 1.61. The Hall–Kier alpha value is -1.70. The molecule has 14 heavy (non-hydrogen) atoms. The topological polar surface area (TPSA) is 6.48 Å². The lowest BCUT2D eigenvalue weighted by Crippen LogP contribution is -2.22. The molecule has 0 aromatic heterocycles. The molecule has 2 rings (SSSR count). The molecule has 0 saturated carbocycles. The first-order valence-corrected chi connectivity index (χ1v) is 4.68. The van der Waals surface area contributed by atoms with Gasteiger partial charge in [0.25, 0.3) is 0 Å². The van der Waals surface area contributed by atoms with Crippen molar-refractivity contribution >= 4 is 11.8 Å². The summed E-state index contributed by atoms with van der Waals surface area (Å²) in [7, 11) is 2.06. The minimum absolute atomic E-state index is 0.908. The van der Waals surface area contributed by atoms with E-state index in [1.165, 1.54) is 11.3 Å². The van der Waals surface area contributed by atoms with Crippen molar-refractivity contribution < 1.29 is 0 Å². The van der Waals surface area contributed by atoms with Crippen molar-refractivity contribution in [2.75, 3.05) is 18.6 Å². The van der Waals surface area contributed by atoms with Crippen molar-refractivity contribution in [3.05, 3.63) is 48.8 Å². The molecule has 1 aliphatic heterocycles. The van der Waals surface area contributed by atoms with Gasteiger partial charge in [-0.1, -0.05) is 30.9 Å². The fraction of sp³-hybridized carbons (Fsp3) is 0.167. The van der Waals surface area contributed by atoms with Gasteiger partial charge in [0.1, 0.15) is 0 Å². The standard InChI is InChI=1S/C12H14N2/c1-3-11-6-4-5-7-12(11)14-9-8-13(2)10-14/h3-9H,1,10H2,2H3. The monoisotopic (exact) mass is 186 g/mol. The number of para-hydroxylation sites is 1. The molecule has 0 atom stereocenters. The van der Waals surface area contributed by atoms with Gasteiger partial charge in [0, 0.05) is 25.1 Å². The third kappa shape index (κ3) is 1.51. The first-order chi connectivity index (χ1) is 6.81. The number of rotatable bonds is 2. The number of anilines is 1. The normalized spacial score (nSPS) is 14.9. The summed E-state index contributed by atoms with van der Waals surface area (Å²) < 4.78 is 0. The molecule has 2 heteroatoms. The lowest BCUT2D eigenvalue weighted by Gasteiger charge is -2.20. The molecule has 1 aromatic carbocycles. The highest BCUT2D eigenvalue weighted by Gasteiger charge is 2.11. The summed E-state index contributed by atoms with van der Waals surface area (Å²) in [6.07, 6.45) is 6.05. The molecule has 2 nitrogen and oxygen atoms in total. The molecule has 0 saturated heterocycles. The van der Waals surface area contributed by atoms with Crippen LogP contribution in [-0.2, 0) is 0 Å². The second-order valence-corrected chi connectivity index (χ2v) is 3.43. The second-order valence-electron chi connectivity index (χ2n) is 3.43. The Balaban J connectivity index is 2.32. The maximum atomic E-state index is 3.82. The summed E-state index contributed by atoms with van der Waals surface area (Å²) in [6, 6.07) is 8.27. The maximum Gasteiger partial charge on any atom is 0.0939 e. The van der Waals surface area contributed by atoms with Gasteiger partial charge < -0.3 is 9.80 Å². The number of hydrogen-bond donors (Lipinski definition) is 0. The Kier molecular flexibility index (Phi) is 2.27. The van der Waals surface area contributed by atoms with Crippen LogP contribution in [-0.4, -0.2) is 18.6 Å². The van der Waals surface area contributed by atoms with Gasteiger partial charge >= 0.3 is 0 Å². The molecule has 0 aliphatic carbocycles. The third-order valence-electron chi connectivity index (χ3n) is 2.34. The van der Waals surface area contributed by atoms with E-state index in [1.807, 2.05) is 12.1 Å². The van der Waals surface area contributed by atoms with Crippen LogP contribution < -0.4 is 4.90 Å². The first kappa shape index (κ1) is 8.88. The van der Waals surface area contributed by atoms with Gasteiger partial charge in [0.05, 0.1) is 6.67 Å². The molecule has 0 fully saturated rings. The molecule has 0 spiro atoms. The van der Waals surface area contributed by atoms with Gasteiger partial charge in [-0.05, 0) is 11.6 Å². The van der Waals surface area contributed by atoms with Gasteiger partial charge in [0.15, 0.2) is 0 Å². The van der Waals surface area contributed by atoms with Crippen LogP contribution in [0.15, 0.2) is 43.2 Å². The van der Waals surface area contributed by atoms with Crippen molar-refractivity contribution in [2.24, 2.45) is 0 Å². The average molecular weight is 186 g/mol. The van der Waals surface area contributed by atoms with Crippen molar-refractivity contribution in [2.45, 2.75) is 0 Å². The first-order valence-electron chi connectivity index (χ1n) is 4.68. The van der Waals surface area contributed by atoms with E-state index in [0.29, 0.717) is 0 Å². The van der Waals surface area contributed by atoms with Gasteiger partial charge in [0.2, 0.25) is 0 Å². The SMILES string of the molecule is C=Cc1ccccc1N1C=CN(C)C1. The quantitative estimate of drug-likeness (QED) is 0.700. The molecule has 0 amide bonds. The Bertz CT molecular complexity index is 368. The molecular weight excluding hydrogens is 172 g/mol. The van der Waals surface area contributed by atoms with Gasteiger partial charge in [-0.25, -0.2) is 0 Å². The van der Waals surface area contributed by atoms with E-state index in [9.17, 15) is 0 Å². The second kappa shape index (κ2) is 3.58. The fourth-order valence-electron chi connectivity index (χ4n) is 1.61. The van der Waals surface area contributed by atoms with E-state index in [2.05, 4.69) is 54.0 Å². The number of nitrogens with zero attached hydrogens (tertiary/aromatic N) is 2. The van der Waals surface area contributed by atoms with E-state index in [0.717, 1.165) is 6.67 Å². The lowest BCUT2D eigenvalue weighted by molar-refractivity contribution is 0.495. The summed E-state index contributed by atoms with van der Waals surface area (Å²) in [5.74, 6) is 0. The third-order valence-corrected chi connectivity index (χ3v) is 2.34. The molecular formula is C12H14N2. The van der Waals surface area contributed by atoms with E-state index < -0.39 is 0 Å². The van der Waals surface area contributed by atoms with Crippen LogP contribution in [0.2, 0.25) is 0 Å². The molecule has 72 valence electrons. The Morgan fingerprint density at radius 1 is 1.29 bits per heavy atom. The summed E-state index contributed by atoms with van der Waals surface area (Å²) >= 11 is 0. The number of hydrogen-bond acceptors (Lipinski definition) is 2. The summed E-state index contributed by atoms with van der Waals surface area (Å²) in [5, 5.41) is 0. The van der Waals surface area contributed by atoms with E-state index in [4.69, 9.17) is 0 Å². The molecule has 1 aliphatic rings. The van der Waals surface area contributed by atoms with Crippen LogP contribution in [0, 0.1) is 0 Å². The van der Waals surface area contributed by atoms with Crippen molar-refractivity contribution in [3.63, 3.8) is 0 Å². The zero-order chi connectivity index (χ0) is 9.97. The largest absolute Gasteiger partial charge is 0.361 e. The van der Waals surface area contributed by atoms with E-state index >= 15 is 0 Å². The van der Waals surface area contributed by atoms with Gasteiger partial charge in [-0.15, -0.1) is 0 Å². The highest BCUT2D eigenvalue weighted by Crippen LogP contribution is 2.23. The molecule has 0 radical (unpaired) electrons. The highest BCUT2D eigenvalue weighted by atomic mass is 15.3. The summed E-state index contributed by atoms with van der Waals surface area (Å²) in [4.78, 5) is 4.34. The minimum Gasteiger partial charge on any atom is -0.361 e. The van der Waals surface area contributed by atoms with E-state index in [1.54, 1.807) is 0 Å². The van der Waals surface area contributed by atoms with Crippen LogP contribution in [0.4, 0.5) is 5.69 Å². The lowest BCUT2D eigenvalue weighted by atomic mass is 10.1. The Morgan fingerprint density at radius 2 is 2.07 bits per heavy atom. The van der Waals surface area contributed by atoms with Crippen molar-refractivity contribution in [1.82, 2.24) is 4.90 Å². The van der Waals surface area contributed by atoms with Crippen LogP contribution >= 0.6 is 0 Å². The Morgan fingerprint density at radius 3 is 2.71 bits per heavy atom. The molecule has 0 bridgehead atoms. The zero-order valence-corrected chi connectivity index (χ0v) is 8.35.